The summed E-state index contributed by atoms with van der Waals surface area (Å²) < 4.78 is 0. The summed E-state index contributed by atoms with van der Waals surface area (Å²) in [5.74, 6) is 0.131. The van der Waals surface area contributed by atoms with Crippen molar-refractivity contribution in [3.05, 3.63) is 58.1 Å². The summed E-state index contributed by atoms with van der Waals surface area (Å²) in [6.45, 7) is 1.48. The van der Waals surface area contributed by atoms with E-state index in [1.54, 1.807) is 11.4 Å². The van der Waals surface area contributed by atoms with Crippen molar-refractivity contribution < 1.29 is 9.90 Å². The lowest BCUT2D eigenvalue weighted by Crippen LogP contribution is -2.36. The Balaban J connectivity index is 1.46. The number of para-hydroxylation sites is 2. The second kappa shape index (κ2) is 8.41. The molecule has 1 saturated heterocycles. The van der Waals surface area contributed by atoms with Crippen LogP contribution in [0.15, 0.2) is 46.7 Å². The fraction of sp³-hybridized carbons (Fsp3) is 0.263. The number of aromatic amines is 1. The van der Waals surface area contributed by atoms with Crippen LogP contribution < -0.4 is 21.2 Å². The van der Waals surface area contributed by atoms with E-state index in [0.717, 1.165) is 18.8 Å². The molecule has 10 heteroatoms. The Morgan fingerprint density at radius 2 is 2.03 bits per heavy atom. The molecule has 1 aliphatic rings. The van der Waals surface area contributed by atoms with Crippen molar-refractivity contribution in [2.24, 2.45) is 0 Å². The van der Waals surface area contributed by atoms with Gasteiger partial charge in [-0.3, -0.25) is 9.78 Å². The van der Waals surface area contributed by atoms with E-state index in [2.05, 4.69) is 30.5 Å². The molecular weight excluding hydrogens is 392 g/mol. The number of carbonyl (C=O) groups excluding carboxylic acids is 1. The molecule has 29 heavy (non-hydrogen) atoms. The van der Waals surface area contributed by atoms with Crippen molar-refractivity contribution in [2.75, 3.05) is 28.6 Å². The van der Waals surface area contributed by atoms with Crippen LogP contribution in [0.4, 0.5) is 22.3 Å². The van der Waals surface area contributed by atoms with Crippen LogP contribution in [-0.4, -0.2) is 45.2 Å². The first-order valence-electron chi connectivity index (χ1n) is 9.20. The molecule has 9 nitrogen and oxygen atoms in total. The number of nitrogens with one attached hydrogen (secondary N) is 3. The van der Waals surface area contributed by atoms with Gasteiger partial charge in [-0.05, 0) is 31.0 Å². The highest BCUT2D eigenvalue weighted by atomic mass is 32.1. The van der Waals surface area contributed by atoms with Gasteiger partial charge >= 0.3 is 5.69 Å². The van der Waals surface area contributed by atoms with E-state index < -0.39 is 5.69 Å². The van der Waals surface area contributed by atoms with E-state index in [0.29, 0.717) is 29.5 Å². The van der Waals surface area contributed by atoms with Crippen molar-refractivity contribution in [1.29, 1.82) is 0 Å². The lowest BCUT2D eigenvalue weighted by molar-refractivity contribution is 0.102. The number of nitrogens with zero attached hydrogens (tertiary/aromatic N) is 3. The number of rotatable bonds is 5. The van der Waals surface area contributed by atoms with Gasteiger partial charge in [-0.25, -0.2) is 14.8 Å². The van der Waals surface area contributed by atoms with Crippen molar-refractivity contribution in [1.82, 2.24) is 15.0 Å². The van der Waals surface area contributed by atoms with Crippen LogP contribution in [0.3, 0.4) is 0 Å². The lowest BCUT2D eigenvalue weighted by Gasteiger charge is -2.32. The first-order chi connectivity index (χ1) is 14.1. The van der Waals surface area contributed by atoms with Crippen LogP contribution in [0, 0.1) is 0 Å². The first-order valence-corrected chi connectivity index (χ1v) is 10.1. The predicted molar refractivity (Wildman–Crippen MR) is 112 cm³/mol. The van der Waals surface area contributed by atoms with Gasteiger partial charge in [-0.15, -0.1) is 11.3 Å². The number of amides is 1. The fourth-order valence-corrected chi connectivity index (χ4v) is 3.84. The molecule has 2 aromatic heterocycles. The van der Waals surface area contributed by atoms with E-state index in [-0.39, 0.29) is 17.7 Å². The van der Waals surface area contributed by atoms with E-state index in [4.69, 9.17) is 0 Å². The zero-order chi connectivity index (χ0) is 20.2. The standard InChI is InChI=1S/C19H20N6O3S/c26-12-6-9-25(10-7-12)15-4-2-1-3-13(15)21-17(27)14-11-29-19(22-14)24-16-5-8-20-18(28)23-16/h1-5,8,11-12,26H,6-7,9-10H2,(H,21,27)(H2,20,22,23,24,28). The maximum atomic E-state index is 12.7. The molecule has 1 aliphatic heterocycles. The maximum absolute atomic E-state index is 12.7. The average Bonchev–Trinajstić information content (AvgIpc) is 3.18. The normalized spacial score (nSPS) is 14.6. The number of aliphatic hydroxyl groups is 1. The van der Waals surface area contributed by atoms with Crippen LogP contribution in [-0.2, 0) is 0 Å². The zero-order valence-electron chi connectivity index (χ0n) is 15.5. The van der Waals surface area contributed by atoms with E-state index >= 15 is 0 Å². The summed E-state index contributed by atoms with van der Waals surface area (Å²) in [4.78, 5) is 36.5. The minimum Gasteiger partial charge on any atom is -0.393 e. The van der Waals surface area contributed by atoms with Crippen molar-refractivity contribution in [3.63, 3.8) is 0 Å². The molecule has 1 amide bonds. The molecule has 0 unspecified atom stereocenters. The van der Waals surface area contributed by atoms with Gasteiger partial charge in [0, 0.05) is 24.7 Å². The fourth-order valence-electron chi connectivity index (χ4n) is 3.14. The van der Waals surface area contributed by atoms with Crippen molar-refractivity contribution >= 4 is 39.6 Å². The van der Waals surface area contributed by atoms with Gasteiger partial charge in [-0.1, -0.05) is 12.1 Å². The summed E-state index contributed by atoms with van der Waals surface area (Å²) in [7, 11) is 0. The third-order valence-corrected chi connectivity index (χ3v) is 5.37. The van der Waals surface area contributed by atoms with Gasteiger partial charge in [0.25, 0.3) is 5.91 Å². The summed E-state index contributed by atoms with van der Waals surface area (Å²) in [6, 6.07) is 9.21. The average molecular weight is 412 g/mol. The Bertz CT molecular complexity index is 1060. The molecule has 0 bridgehead atoms. The highest BCUT2D eigenvalue weighted by molar-refractivity contribution is 7.14. The molecule has 3 aromatic rings. The number of H-pyrrole nitrogens is 1. The van der Waals surface area contributed by atoms with Crippen LogP contribution in [0.2, 0.25) is 0 Å². The number of carbonyl (C=O) groups is 1. The van der Waals surface area contributed by atoms with Gasteiger partial charge in [0.2, 0.25) is 0 Å². The molecule has 0 spiro atoms. The Hall–Kier alpha value is -3.24. The second-order valence-electron chi connectivity index (χ2n) is 6.64. The molecule has 4 rings (SSSR count). The van der Waals surface area contributed by atoms with Crippen LogP contribution in [0.25, 0.3) is 0 Å². The largest absolute Gasteiger partial charge is 0.393 e. The highest BCUT2D eigenvalue weighted by Crippen LogP contribution is 2.29. The molecule has 3 heterocycles. The van der Waals surface area contributed by atoms with Gasteiger partial charge in [0.1, 0.15) is 11.5 Å². The molecule has 1 fully saturated rings. The molecule has 1 aromatic carbocycles. The molecule has 4 N–H and O–H groups in total. The third-order valence-electron chi connectivity index (χ3n) is 4.61. The van der Waals surface area contributed by atoms with Crippen LogP contribution >= 0.6 is 11.3 Å². The van der Waals surface area contributed by atoms with Gasteiger partial charge in [0.05, 0.1) is 17.5 Å². The summed E-state index contributed by atoms with van der Waals surface area (Å²) >= 11 is 1.26. The molecule has 0 radical (unpaired) electrons. The molecular formula is C19H20N6O3S. The number of anilines is 4. The molecule has 150 valence electrons. The van der Waals surface area contributed by atoms with E-state index in [9.17, 15) is 14.7 Å². The highest BCUT2D eigenvalue weighted by Gasteiger charge is 2.20. The first kappa shape index (κ1) is 19.1. The van der Waals surface area contributed by atoms with Crippen LogP contribution in [0.5, 0.6) is 0 Å². The Morgan fingerprint density at radius 3 is 2.83 bits per heavy atom. The number of piperidine rings is 1. The Morgan fingerprint density at radius 1 is 1.24 bits per heavy atom. The Kier molecular flexibility index (Phi) is 5.54. The van der Waals surface area contributed by atoms with E-state index in [1.807, 2.05) is 24.3 Å². The quantitative estimate of drug-likeness (QED) is 0.506. The second-order valence-corrected chi connectivity index (χ2v) is 7.50. The summed E-state index contributed by atoms with van der Waals surface area (Å²) in [5.41, 5.74) is 1.44. The van der Waals surface area contributed by atoms with Gasteiger partial charge in [-0.2, -0.15) is 0 Å². The molecule has 0 atom stereocenters. The van der Waals surface area contributed by atoms with Crippen LogP contribution in [0.1, 0.15) is 23.3 Å². The van der Waals surface area contributed by atoms with Crippen molar-refractivity contribution in [2.45, 2.75) is 18.9 Å². The summed E-state index contributed by atoms with van der Waals surface area (Å²) in [5, 5.41) is 17.7. The number of aliphatic hydroxyl groups excluding tert-OH is 1. The molecule has 0 aliphatic carbocycles. The number of thiazole rings is 1. The number of aromatic nitrogens is 3. The molecule has 0 saturated carbocycles. The monoisotopic (exact) mass is 412 g/mol. The SMILES string of the molecule is O=C(Nc1ccccc1N1CCC(O)CC1)c1csc(Nc2ccnc(=O)[nH]2)n1. The third kappa shape index (κ3) is 4.61. The van der Waals surface area contributed by atoms with Gasteiger partial charge in [0.15, 0.2) is 5.13 Å². The topological polar surface area (TPSA) is 123 Å². The van der Waals surface area contributed by atoms with Gasteiger partial charge < -0.3 is 20.6 Å². The minimum absolute atomic E-state index is 0.260. The number of hydrogen-bond donors (Lipinski definition) is 4. The van der Waals surface area contributed by atoms with Crippen molar-refractivity contribution in [3.8, 4) is 0 Å². The summed E-state index contributed by atoms with van der Waals surface area (Å²) in [6.07, 6.45) is 2.55. The minimum atomic E-state index is -0.466. The number of benzene rings is 1. The Labute approximate surface area is 170 Å². The van der Waals surface area contributed by atoms with E-state index in [1.165, 1.54) is 17.5 Å². The number of hydrogen-bond acceptors (Lipinski definition) is 8. The predicted octanol–water partition coefficient (Wildman–Crippen LogP) is 2.18. The smallest absolute Gasteiger partial charge is 0.346 e. The maximum Gasteiger partial charge on any atom is 0.346 e. The lowest BCUT2D eigenvalue weighted by atomic mass is 10.1. The zero-order valence-corrected chi connectivity index (χ0v) is 16.3.